The lowest BCUT2D eigenvalue weighted by molar-refractivity contribution is -0.119. The van der Waals surface area contributed by atoms with E-state index in [1.165, 1.54) is 17.7 Å². The second-order valence-corrected chi connectivity index (χ2v) is 5.80. The molecule has 0 spiro atoms. The number of halogens is 1. The molecule has 2 nitrogen and oxygen atoms in total. The van der Waals surface area contributed by atoms with Crippen molar-refractivity contribution in [3.05, 3.63) is 71.5 Å². The molecule has 4 heteroatoms. The molecule has 0 bridgehead atoms. The van der Waals surface area contributed by atoms with Crippen molar-refractivity contribution in [1.29, 1.82) is 0 Å². The number of rotatable bonds is 6. The molecule has 0 radical (unpaired) electrons. The van der Waals surface area contributed by atoms with Crippen LogP contribution in [0.2, 0.25) is 0 Å². The Hall–Kier alpha value is -1.81. The summed E-state index contributed by atoms with van der Waals surface area (Å²) in [6, 6.07) is 16.1. The number of thioether (sulfide) groups is 1. The largest absolute Gasteiger partial charge is 0.349 e. The van der Waals surface area contributed by atoms with Crippen molar-refractivity contribution in [1.82, 2.24) is 5.32 Å². The van der Waals surface area contributed by atoms with Gasteiger partial charge in [0.25, 0.3) is 0 Å². The van der Waals surface area contributed by atoms with Gasteiger partial charge in [-0.1, -0.05) is 42.5 Å². The molecule has 1 amide bonds. The number of hydrogen-bond acceptors (Lipinski definition) is 2. The third-order valence-corrected chi connectivity index (χ3v) is 4.10. The Morgan fingerprint density at radius 3 is 2.48 bits per heavy atom. The molecule has 21 heavy (non-hydrogen) atoms. The first-order chi connectivity index (χ1) is 10.1. The molecule has 0 aliphatic heterocycles. The summed E-state index contributed by atoms with van der Waals surface area (Å²) >= 11 is 1.58. The summed E-state index contributed by atoms with van der Waals surface area (Å²) in [5.74, 6) is 0.961. The Kier molecular flexibility index (Phi) is 5.81. The normalized spacial score (nSPS) is 11.9. The van der Waals surface area contributed by atoms with Crippen LogP contribution in [0.25, 0.3) is 0 Å². The minimum Gasteiger partial charge on any atom is -0.349 e. The summed E-state index contributed by atoms with van der Waals surface area (Å²) in [5, 5.41) is 2.92. The maximum atomic E-state index is 12.8. The van der Waals surface area contributed by atoms with Crippen LogP contribution in [-0.2, 0) is 10.5 Å². The van der Waals surface area contributed by atoms with Gasteiger partial charge in [0, 0.05) is 5.75 Å². The predicted molar refractivity (Wildman–Crippen MR) is 85.6 cm³/mol. The van der Waals surface area contributed by atoms with Gasteiger partial charge in [-0.2, -0.15) is 0 Å². The number of benzene rings is 2. The number of carbonyl (C=O) groups excluding carboxylic acids is 1. The van der Waals surface area contributed by atoms with E-state index in [4.69, 9.17) is 0 Å². The quantitative estimate of drug-likeness (QED) is 0.876. The molecule has 0 saturated carbocycles. The zero-order valence-corrected chi connectivity index (χ0v) is 12.7. The molecule has 0 fully saturated rings. The van der Waals surface area contributed by atoms with Gasteiger partial charge in [-0.05, 0) is 30.2 Å². The van der Waals surface area contributed by atoms with Crippen molar-refractivity contribution in [2.75, 3.05) is 5.75 Å². The summed E-state index contributed by atoms with van der Waals surface area (Å²) in [6.45, 7) is 1.90. The van der Waals surface area contributed by atoms with E-state index in [9.17, 15) is 9.18 Å². The summed E-state index contributed by atoms with van der Waals surface area (Å²) in [4.78, 5) is 11.9. The fourth-order valence-electron chi connectivity index (χ4n) is 1.95. The predicted octanol–water partition coefficient (Wildman–Crippen LogP) is 3.94. The van der Waals surface area contributed by atoms with Gasteiger partial charge in [-0.3, -0.25) is 4.79 Å². The van der Waals surface area contributed by atoms with Gasteiger partial charge in [0.15, 0.2) is 0 Å². The van der Waals surface area contributed by atoms with Crippen LogP contribution < -0.4 is 5.32 Å². The highest BCUT2D eigenvalue weighted by Crippen LogP contribution is 2.14. The molecule has 1 N–H and O–H groups in total. The summed E-state index contributed by atoms with van der Waals surface area (Å²) < 4.78 is 12.8. The molecule has 1 unspecified atom stereocenters. The van der Waals surface area contributed by atoms with E-state index >= 15 is 0 Å². The van der Waals surface area contributed by atoms with Crippen LogP contribution in [0.1, 0.15) is 24.1 Å². The Balaban J connectivity index is 1.75. The number of carbonyl (C=O) groups is 1. The molecule has 110 valence electrons. The lowest BCUT2D eigenvalue weighted by Crippen LogP contribution is -2.28. The van der Waals surface area contributed by atoms with Crippen molar-refractivity contribution in [2.45, 2.75) is 18.7 Å². The Morgan fingerprint density at radius 2 is 1.81 bits per heavy atom. The first-order valence-corrected chi connectivity index (χ1v) is 7.97. The van der Waals surface area contributed by atoms with Gasteiger partial charge in [-0.15, -0.1) is 11.8 Å². The van der Waals surface area contributed by atoms with Crippen molar-refractivity contribution in [3.63, 3.8) is 0 Å². The summed E-state index contributed by atoms with van der Waals surface area (Å²) in [7, 11) is 0. The molecule has 1 atom stereocenters. The van der Waals surface area contributed by atoms with Crippen LogP contribution in [-0.4, -0.2) is 11.7 Å². The summed E-state index contributed by atoms with van der Waals surface area (Å²) in [6.07, 6.45) is 0. The van der Waals surface area contributed by atoms with Crippen LogP contribution in [0.15, 0.2) is 54.6 Å². The van der Waals surface area contributed by atoms with E-state index in [1.54, 1.807) is 23.9 Å². The molecule has 2 aromatic rings. The molecule has 0 aliphatic carbocycles. The van der Waals surface area contributed by atoms with Crippen molar-refractivity contribution >= 4 is 17.7 Å². The van der Waals surface area contributed by atoms with Crippen LogP contribution >= 0.6 is 11.8 Å². The number of amides is 1. The lowest BCUT2D eigenvalue weighted by atomic mass is 10.1. The third kappa shape index (κ3) is 5.23. The molecule has 2 aromatic carbocycles. The van der Waals surface area contributed by atoms with E-state index in [-0.39, 0.29) is 17.8 Å². The van der Waals surface area contributed by atoms with Gasteiger partial charge in [0.05, 0.1) is 11.8 Å². The lowest BCUT2D eigenvalue weighted by Gasteiger charge is -2.14. The van der Waals surface area contributed by atoms with Gasteiger partial charge < -0.3 is 5.32 Å². The molecule has 0 heterocycles. The topological polar surface area (TPSA) is 29.1 Å². The first kappa shape index (κ1) is 15.6. The number of hydrogen-bond donors (Lipinski definition) is 1. The molecule has 0 aromatic heterocycles. The Morgan fingerprint density at radius 1 is 1.14 bits per heavy atom. The highest BCUT2D eigenvalue weighted by molar-refractivity contribution is 7.99. The first-order valence-electron chi connectivity index (χ1n) is 6.81. The van der Waals surface area contributed by atoms with Crippen LogP contribution in [0, 0.1) is 5.82 Å². The molecular weight excluding hydrogens is 285 g/mol. The SMILES string of the molecule is CC(NC(=O)CSCc1ccccc1)c1ccc(F)cc1. The monoisotopic (exact) mass is 303 g/mol. The van der Waals surface area contributed by atoms with Crippen LogP contribution in [0.5, 0.6) is 0 Å². The maximum Gasteiger partial charge on any atom is 0.230 e. The van der Waals surface area contributed by atoms with E-state index in [0.29, 0.717) is 5.75 Å². The van der Waals surface area contributed by atoms with Crippen molar-refractivity contribution in [3.8, 4) is 0 Å². The second-order valence-electron chi connectivity index (χ2n) is 4.82. The average Bonchev–Trinajstić information content (AvgIpc) is 2.49. The minimum absolute atomic E-state index is 0.00671. The number of nitrogens with one attached hydrogen (secondary N) is 1. The average molecular weight is 303 g/mol. The van der Waals surface area contributed by atoms with Gasteiger partial charge >= 0.3 is 0 Å². The van der Waals surface area contributed by atoms with Crippen molar-refractivity contribution in [2.24, 2.45) is 0 Å². The highest BCUT2D eigenvalue weighted by Gasteiger charge is 2.09. The Labute approximate surface area is 128 Å². The van der Waals surface area contributed by atoms with Crippen LogP contribution in [0.3, 0.4) is 0 Å². The maximum absolute atomic E-state index is 12.8. The molecular formula is C17H18FNOS. The smallest absolute Gasteiger partial charge is 0.230 e. The fourth-order valence-corrected chi connectivity index (χ4v) is 2.75. The zero-order valence-electron chi connectivity index (χ0n) is 11.9. The van der Waals surface area contributed by atoms with Gasteiger partial charge in [0.2, 0.25) is 5.91 Å². The molecule has 0 saturated heterocycles. The van der Waals surface area contributed by atoms with E-state index in [2.05, 4.69) is 5.32 Å². The standard InChI is InChI=1S/C17H18FNOS/c1-13(15-7-9-16(18)10-8-15)19-17(20)12-21-11-14-5-3-2-4-6-14/h2-10,13H,11-12H2,1H3,(H,19,20). The van der Waals surface area contributed by atoms with Gasteiger partial charge in [0.1, 0.15) is 5.82 Å². The fraction of sp³-hybridized carbons (Fsp3) is 0.235. The highest BCUT2D eigenvalue weighted by atomic mass is 32.2. The van der Waals surface area contributed by atoms with Crippen molar-refractivity contribution < 1.29 is 9.18 Å². The molecule has 2 rings (SSSR count). The third-order valence-electron chi connectivity index (χ3n) is 3.09. The zero-order chi connectivity index (χ0) is 15.1. The van der Waals surface area contributed by atoms with E-state index in [0.717, 1.165) is 11.3 Å². The summed E-state index contributed by atoms with van der Waals surface area (Å²) in [5.41, 5.74) is 2.11. The minimum atomic E-state index is -0.268. The van der Waals surface area contributed by atoms with Crippen LogP contribution in [0.4, 0.5) is 4.39 Å². The molecule has 0 aliphatic rings. The van der Waals surface area contributed by atoms with Gasteiger partial charge in [-0.25, -0.2) is 4.39 Å². The van der Waals surface area contributed by atoms with E-state index in [1.807, 2.05) is 37.3 Å². The Bertz CT molecular complexity index is 571. The van der Waals surface area contributed by atoms with E-state index < -0.39 is 0 Å². The second kappa shape index (κ2) is 7.84.